The normalized spacial score (nSPS) is 17.4. The molecule has 1 aliphatic rings. The molecule has 0 saturated carbocycles. The average molecular weight is 276 g/mol. The van der Waals surface area contributed by atoms with Crippen LogP contribution >= 0.6 is 0 Å². The van der Waals surface area contributed by atoms with Crippen LogP contribution in [0.1, 0.15) is 49.8 Å². The Morgan fingerprint density at radius 1 is 1.50 bits per heavy atom. The molecule has 110 valence electrons. The minimum Gasteiger partial charge on any atom is -0.484 e. The molecule has 0 aliphatic heterocycles. The quantitative estimate of drug-likeness (QED) is 0.784. The summed E-state index contributed by atoms with van der Waals surface area (Å²) < 4.78 is 5.55. The highest BCUT2D eigenvalue weighted by Crippen LogP contribution is 2.30. The summed E-state index contributed by atoms with van der Waals surface area (Å²) in [5.74, 6) is 0.691. The first-order valence-corrected chi connectivity index (χ1v) is 7.48. The van der Waals surface area contributed by atoms with Crippen LogP contribution in [0, 0.1) is 0 Å². The summed E-state index contributed by atoms with van der Waals surface area (Å²) in [4.78, 5) is 11.6. The molecule has 1 aromatic rings. The third-order valence-corrected chi connectivity index (χ3v) is 3.70. The van der Waals surface area contributed by atoms with Gasteiger partial charge in [0.05, 0.1) is 0 Å². The molecule has 4 nitrogen and oxygen atoms in total. The summed E-state index contributed by atoms with van der Waals surface area (Å²) in [7, 11) is 0. The molecule has 0 fully saturated rings. The fourth-order valence-electron chi connectivity index (χ4n) is 2.52. The van der Waals surface area contributed by atoms with Gasteiger partial charge in [0, 0.05) is 12.6 Å². The Labute approximate surface area is 120 Å². The molecule has 4 heteroatoms. The lowest BCUT2D eigenvalue weighted by Gasteiger charge is -2.22. The highest BCUT2D eigenvalue weighted by atomic mass is 16.5. The molecule has 2 rings (SSSR count). The van der Waals surface area contributed by atoms with Gasteiger partial charge in [0.1, 0.15) is 5.75 Å². The fourth-order valence-corrected chi connectivity index (χ4v) is 2.52. The minimum atomic E-state index is -0.0622. The summed E-state index contributed by atoms with van der Waals surface area (Å²) in [6, 6.07) is 6.10. The molecule has 0 spiro atoms. The van der Waals surface area contributed by atoms with Crippen LogP contribution in [0.5, 0.6) is 5.75 Å². The van der Waals surface area contributed by atoms with E-state index in [1.54, 1.807) is 0 Å². The van der Waals surface area contributed by atoms with Crippen LogP contribution in [0.2, 0.25) is 0 Å². The van der Waals surface area contributed by atoms with E-state index in [2.05, 4.69) is 12.2 Å². The zero-order valence-corrected chi connectivity index (χ0v) is 12.2. The van der Waals surface area contributed by atoms with Crippen LogP contribution in [0.25, 0.3) is 0 Å². The van der Waals surface area contributed by atoms with Crippen LogP contribution in [-0.2, 0) is 11.2 Å². The molecule has 0 radical (unpaired) electrons. The standard InChI is InChI=1S/C16H24N2O2/c1-2-3-9-18-16(19)11-20-13-7-8-14-12(10-13)5-4-6-15(14)17/h7-8,10,15H,2-6,9,11,17H2,1H3,(H,18,19). The van der Waals surface area contributed by atoms with Gasteiger partial charge >= 0.3 is 0 Å². The second-order valence-corrected chi connectivity index (χ2v) is 5.35. The number of carbonyl (C=O) groups excluding carboxylic acids is 1. The number of nitrogens with two attached hydrogens (primary N) is 1. The maximum absolute atomic E-state index is 11.6. The molecule has 1 aromatic carbocycles. The number of fused-ring (bicyclic) bond motifs is 1. The molecule has 1 atom stereocenters. The van der Waals surface area contributed by atoms with Crippen molar-refractivity contribution >= 4 is 5.91 Å². The molecule has 1 aliphatic carbocycles. The molecule has 0 heterocycles. The number of benzene rings is 1. The Kier molecular flexibility index (Phi) is 5.41. The first-order chi connectivity index (χ1) is 9.70. The van der Waals surface area contributed by atoms with Gasteiger partial charge in [-0.3, -0.25) is 4.79 Å². The number of rotatable bonds is 6. The zero-order chi connectivity index (χ0) is 14.4. The van der Waals surface area contributed by atoms with Crippen molar-refractivity contribution in [1.29, 1.82) is 0 Å². The van der Waals surface area contributed by atoms with Gasteiger partial charge in [0.2, 0.25) is 0 Å². The SMILES string of the molecule is CCCCNC(=O)COc1ccc2c(c1)CCCC2N. The van der Waals surface area contributed by atoms with Crippen molar-refractivity contribution in [1.82, 2.24) is 5.32 Å². The Bertz CT molecular complexity index is 460. The lowest BCUT2D eigenvalue weighted by atomic mass is 9.88. The fraction of sp³-hybridized carbons (Fsp3) is 0.562. The first-order valence-electron chi connectivity index (χ1n) is 7.48. The first kappa shape index (κ1) is 14.9. The Morgan fingerprint density at radius 2 is 2.35 bits per heavy atom. The molecule has 0 aromatic heterocycles. The maximum atomic E-state index is 11.6. The summed E-state index contributed by atoms with van der Waals surface area (Å²) in [5, 5.41) is 2.84. The summed E-state index contributed by atoms with van der Waals surface area (Å²) >= 11 is 0. The van der Waals surface area contributed by atoms with Gasteiger partial charge in [-0.05, 0) is 48.9 Å². The van der Waals surface area contributed by atoms with E-state index < -0.39 is 0 Å². The molecule has 3 N–H and O–H groups in total. The van der Waals surface area contributed by atoms with E-state index >= 15 is 0 Å². The number of ether oxygens (including phenoxy) is 1. The van der Waals surface area contributed by atoms with E-state index in [1.165, 1.54) is 11.1 Å². The molecule has 20 heavy (non-hydrogen) atoms. The largest absolute Gasteiger partial charge is 0.484 e. The van der Waals surface area contributed by atoms with E-state index in [4.69, 9.17) is 10.5 Å². The zero-order valence-electron chi connectivity index (χ0n) is 12.2. The third kappa shape index (κ3) is 3.97. The highest BCUT2D eigenvalue weighted by Gasteiger charge is 2.17. The second-order valence-electron chi connectivity index (χ2n) is 5.35. The number of amides is 1. The van der Waals surface area contributed by atoms with Crippen molar-refractivity contribution in [2.45, 2.75) is 45.1 Å². The number of hydrogen-bond donors (Lipinski definition) is 2. The third-order valence-electron chi connectivity index (χ3n) is 3.70. The highest BCUT2D eigenvalue weighted by molar-refractivity contribution is 5.77. The van der Waals surface area contributed by atoms with Crippen molar-refractivity contribution in [2.75, 3.05) is 13.2 Å². The smallest absolute Gasteiger partial charge is 0.257 e. The van der Waals surface area contributed by atoms with Crippen molar-refractivity contribution in [2.24, 2.45) is 5.73 Å². The van der Waals surface area contributed by atoms with E-state index in [9.17, 15) is 4.79 Å². The Hall–Kier alpha value is -1.55. The number of nitrogens with one attached hydrogen (secondary N) is 1. The molecule has 0 bridgehead atoms. The van der Waals surface area contributed by atoms with Crippen molar-refractivity contribution in [3.05, 3.63) is 29.3 Å². The van der Waals surface area contributed by atoms with Crippen LogP contribution in [0.3, 0.4) is 0 Å². The molecule has 0 saturated heterocycles. The van der Waals surface area contributed by atoms with Gasteiger partial charge in [-0.15, -0.1) is 0 Å². The van der Waals surface area contributed by atoms with Gasteiger partial charge < -0.3 is 15.8 Å². The topological polar surface area (TPSA) is 64.3 Å². The summed E-state index contributed by atoms with van der Waals surface area (Å²) in [5.41, 5.74) is 8.56. The number of unbranched alkanes of at least 4 members (excludes halogenated alkanes) is 1. The molecular formula is C16H24N2O2. The Balaban J connectivity index is 1.86. The van der Waals surface area contributed by atoms with Crippen molar-refractivity contribution < 1.29 is 9.53 Å². The van der Waals surface area contributed by atoms with Crippen LogP contribution in [0.4, 0.5) is 0 Å². The number of aryl methyl sites for hydroxylation is 1. The molecule has 1 unspecified atom stereocenters. The molecular weight excluding hydrogens is 252 g/mol. The van der Waals surface area contributed by atoms with Gasteiger partial charge in [0.25, 0.3) is 5.91 Å². The second kappa shape index (κ2) is 7.29. The van der Waals surface area contributed by atoms with Crippen LogP contribution < -0.4 is 15.8 Å². The predicted octanol–water partition coefficient (Wildman–Crippen LogP) is 2.32. The minimum absolute atomic E-state index is 0.0622. The number of carbonyl (C=O) groups is 1. The number of hydrogen-bond acceptors (Lipinski definition) is 3. The predicted molar refractivity (Wildman–Crippen MR) is 79.7 cm³/mol. The monoisotopic (exact) mass is 276 g/mol. The van der Waals surface area contributed by atoms with Gasteiger partial charge in [-0.1, -0.05) is 19.4 Å². The van der Waals surface area contributed by atoms with Gasteiger partial charge in [-0.2, -0.15) is 0 Å². The molecule has 1 amide bonds. The summed E-state index contributed by atoms with van der Waals surface area (Å²) in [6.07, 6.45) is 5.29. The maximum Gasteiger partial charge on any atom is 0.257 e. The van der Waals surface area contributed by atoms with E-state index in [-0.39, 0.29) is 18.6 Å². The van der Waals surface area contributed by atoms with E-state index in [1.807, 2.05) is 18.2 Å². The van der Waals surface area contributed by atoms with Gasteiger partial charge in [-0.25, -0.2) is 0 Å². The van der Waals surface area contributed by atoms with E-state index in [0.717, 1.165) is 44.4 Å². The lowest BCUT2D eigenvalue weighted by Crippen LogP contribution is -2.29. The Morgan fingerprint density at radius 3 is 3.15 bits per heavy atom. The van der Waals surface area contributed by atoms with E-state index in [0.29, 0.717) is 0 Å². The average Bonchev–Trinajstić information content (AvgIpc) is 2.45. The van der Waals surface area contributed by atoms with Crippen LogP contribution in [0.15, 0.2) is 18.2 Å². The van der Waals surface area contributed by atoms with Gasteiger partial charge in [0.15, 0.2) is 6.61 Å². The van der Waals surface area contributed by atoms with Crippen molar-refractivity contribution in [3.63, 3.8) is 0 Å². The van der Waals surface area contributed by atoms with Crippen molar-refractivity contribution in [3.8, 4) is 5.75 Å². The lowest BCUT2D eigenvalue weighted by molar-refractivity contribution is -0.123. The van der Waals surface area contributed by atoms with Crippen LogP contribution in [-0.4, -0.2) is 19.1 Å². The summed E-state index contributed by atoms with van der Waals surface area (Å²) in [6.45, 7) is 2.90.